The van der Waals surface area contributed by atoms with Gasteiger partial charge in [-0.25, -0.2) is 5.43 Å². The first-order chi connectivity index (χ1) is 10.3. The number of rotatable bonds is 2. The quantitative estimate of drug-likeness (QED) is 0.889. The van der Waals surface area contributed by atoms with E-state index in [1.165, 1.54) is 26.9 Å². The Morgan fingerprint density at radius 1 is 1.33 bits per heavy atom. The monoisotopic (exact) mass is 302 g/mol. The summed E-state index contributed by atoms with van der Waals surface area (Å²) in [6.07, 6.45) is 1.07. The Balaban J connectivity index is 1.78. The normalized spacial score (nSPS) is 22.1. The summed E-state index contributed by atoms with van der Waals surface area (Å²) in [6, 6.07) is 11.1. The minimum atomic E-state index is 0.106. The minimum absolute atomic E-state index is 0.106. The van der Waals surface area contributed by atoms with Crippen molar-refractivity contribution in [2.45, 2.75) is 23.7 Å². The third-order valence-corrected chi connectivity index (χ3v) is 5.25. The number of aryl methyl sites for hydroxylation is 1. The summed E-state index contributed by atoms with van der Waals surface area (Å²) in [4.78, 5) is 6.58. The molecule has 2 aromatic rings. The van der Waals surface area contributed by atoms with E-state index in [4.69, 9.17) is 4.84 Å². The number of hydrazine groups is 2. The molecule has 110 valence electrons. The molecule has 0 aromatic heterocycles. The largest absolute Gasteiger partial charge is 0.314 e. The lowest BCUT2D eigenvalue weighted by Gasteiger charge is -2.33. The van der Waals surface area contributed by atoms with E-state index in [1.54, 1.807) is 24.0 Å². The van der Waals surface area contributed by atoms with E-state index in [0.29, 0.717) is 6.67 Å². The van der Waals surface area contributed by atoms with E-state index in [9.17, 15) is 0 Å². The SMILES string of the molecule is CCc1ccc2c3c(ccc2c1)SC1N(CNN1OC)N3. The third-order valence-electron chi connectivity index (χ3n) is 4.00. The number of hydrogen-bond donors (Lipinski definition) is 2. The van der Waals surface area contributed by atoms with Crippen molar-refractivity contribution < 1.29 is 4.84 Å². The average Bonchev–Trinajstić information content (AvgIpc) is 2.94. The van der Waals surface area contributed by atoms with Crippen LogP contribution in [0.1, 0.15) is 12.5 Å². The first-order valence-corrected chi connectivity index (χ1v) is 8.00. The van der Waals surface area contributed by atoms with Crippen LogP contribution in [0.25, 0.3) is 10.8 Å². The van der Waals surface area contributed by atoms with Gasteiger partial charge in [0.05, 0.1) is 19.5 Å². The standard InChI is InChI=1S/C15H18N4OS/c1-3-10-4-6-12-11(8-10)5-7-13-14(12)17-18-9-16-19(20-2)15(18)21-13/h4-8,15-17H,3,9H2,1-2H3. The summed E-state index contributed by atoms with van der Waals surface area (Å²) < 4.78 is 0. The second kappa shape index (κ2) is 5.15. The number of fused-ring (bicyclic) bond motifs is 4. The fourth-order valence-corrected chi connectivity index (χ4v) is 4.00. The predicted octanol–water partition coefficient (Wildman–Crippen LogP) is 2.76. The smallest absolute Gasteiger partial charge is 0.172 e. The lowest BCUT2D eigenvalue weighted by molar-refractivity contribution is -0.165. The third kappa shape index (κ3) is 2.11. The Morgan fingerprint density at radius 3 is 3.05 bits per heavy atom. The summed E-state index contributed by atoms with van der Waals surface area (Å²) in [7, 11) is 1.68. The van der Waals surface area contributed by atoms with Gasteiger partial charge in [-0.15, -0.1) is 0 Å². The Hall–Kier alpha value is -1.31. The topological polar surface area (TPSA) is 39.8 Å². The molecule has 1 saturated heterocycles. The summed E-state index contributed by atoms with van der Waals surface area (Å²) in [5.74, 6) is 0. The molecule has 0 radical (unpaired) electrons. The highest BCUT2D eigenvalue weighted by Gasteiger charge is 2.37. The molecular weight excluding hydrogens is 284 g/mol. The molecule has 0 bridgehead atoms. The van der Waals surface area contributed by atoms with E-state index in [2.05, 4.69) is 53.1 Å². The zero-order valence-corrected chi connectivity index (χ0v) is 12.9. The van der Waals surface area contributed by atoms with Gasteiger partial charge in [0.25, 0.3) is 0 Å². The molecule has 2 aliphatic heterocycles. The molecule has 1 unspecified atom stereocenters. The highest BCUT2D eigenvalue weighted by molar-refractivity contribution is 8.00. The maximum atomic E-state index is 5.33. The van der Waals surface area contributed by atoms with Gasteiger partial charge in [0.15, 0.2) is 5.50 Å². The predicted molar refractivity (Wildman–Crippen MR) is 85.3 cm³/mol. The molecule has 4 rings (SSSR count). The lowest BCUT2D eigenvalue weighted by atomic mass is 10.0. The molecule has 1 atom stereocenters. The van der Waals surface area contributed by atoms with Crippen molar-refractivity contribution in [3.8, 4) is 0 Å². The first-order valence-electron chi connectivity index (χ1n) is 7.12. The van der Waals surface area contributed by atoms with Crippen LogP contribution in [0.3, 0.4) is 0 Å². The lowest BCUT2D eigenvalue weighted by Crippen LogP contribution is -2.42. The number of nitrogens with zero attached hydrogens (tertiary/aromatic N) is 2. The summed E-state index contributed by atoms with van der Waals surface area (Å²) in [6.45, 7) is 2.90. The number of nitrogens with one attached hydrogen (secondary N) is 2. The molecule has 2 aliphatic rings. The van der Waals surface area contributed by atoms with Crippen LogP contribution in [-0.4, -0.2) is 29.5 Å². The molecule has 1 fully saturated rings. The first kappa shape index (κ1) is 13.4. The highest BCUT2D eigenvalue weighted by Crippen LogP contribution is 2.43. The average molecular weight is 302 g/mol. The summed E-state index contributed by atoms with van der Waals surface area (Å²) >= 11 is 1.79. The van der Waals surface area contributed by atoms with Crippen LogP contribution in [0.15, 0.2) is 35.2 Å². The van der Waals surface area contributed by atoms with Gasteiger partial charge in [-0.05, 0) is 23.4 Å². The van der Waals surface area contributed by atoms with Crippen molar-refractivity contribution in [1.29, 1.82) is 0 Å². The molecule has 0 aliphatic carbocycles. The van der Waals surface area contributed by atoms with Gasteiger partial charge in [-0.2, -0.15) is 5.01 Å². The van der Waals surface area contributed by atoms with Gasteiger partial charge >= 0.3 is 0 Å². The summed E-state index contributed by atoms with van der Waals surface area (Å²) in [5, 5.41) is 6.47. The fourth-order valence-electron chi connectivity index (χ4n) is 2.84. The maximum absolute atomic E-state index is 5.33. The van der Waals surface area contributed by atoms with E-state index < -0.39 is 0 Å². The summed E-state index contributed by atoms with van der Waals surface area (Å²) in [5.41, 5.74) is 9.40. The Kier molecular flexibility index (Phi) is 3.28. The molecule has 6 heteroatoms. The van der Waals surface area contributed by atoms with Crippen molar-refractivity contribution in [2.24, 2.45) is 0 Å². The molecular formula is C15H18N4OS. The molecule has 2 aromatic carbocycles. The Morgan fingerprint density at radius 2 is 2.24 bits per heavy atom. The molecule has 21 heavy (non-hydrogen) atoms. The van der Waals surface area contributed by atoms with Gasteiger partial charge in [-0.3, -0.25) is 4.84 Å². The second-order valence-electron chi connectivity index (χ2n) is 5.20. The molecule has 0 saturated carbocycles. The second-order valence-corrected chi connectivity index (χ2v) is 6.30. The van der Waals surface area contributed by atoms with Crippen molar-refractivity contribution in [1.82, 2.24) is 15.6 Å². The number of hydroxylamine groups is 1. The molecule has 2 N–H and O–H groups in total. The highest BCUT2D eigenvalue weighted by atomic mass is 32.2. The van der Waals surface area contributed by atoms with Crippen molar-refractivity contribution >= 4 is 28.2 Å². The van der Waals surface area contributed by atoms with Crippen molar-refractivity contribution in [3.05, 3.63) is 35.9 Å². The van der Waals surface area contributed by atoms with Crippen LogP contribution >= 0.6 is 11.8 Å². The Bertz CT molecular complexity index is 693. The van der Waals surface area contributed by atoms with Gasteiger partial charge in [0, 0.05) is 10.3 Å². The van der Waals surface area contributed by atoms with Crippen LogP contribution in [0.5, 0.6) is 0 Å². The van der Waals surface area contributed by atoms with Crippen LogP contribution in [-0.2, 0) is 11.3 Å². The van der Waals surface area contributed by atoms with Crippen molar-refractivity contribution in [2.75, 3.05) is 19.2 Å². The molecule has 5 nitrogen and oxygen atoms in total. The number of anilines is 1. The zero-order chi connectivity index (χ0) is 14.4. The minimum Gasteiger partial charge on any atom is -0.314 e. The van der Waals surface area contributed by atoms with Gasteiger partial charge < -0.3 is 5.43 Å². The van der Waals surface area contributed by atoms with Crippen LogP contribution < -0.4 is 10.9 Å². The van der Waals surface area contributed by atoms with E-state index in [0.717, 1.165) is 6.42 Å². The van der Waals surface area contributed by atoms with Crippen LogP contribution in [0.4, 0.5) is 5.69 Å². The van der Waals surface area contributed by atoms with Crippen LogP contribution in [0, 0.1) is 0 Å². The van der Waals surface area contributed by atoms with E-state index in [1.807, 2.05) is 0 Å². The molecule has 0 amide bonds. The fraction of sp³-hybridized carbons (Fsp3) is 0.333. The van der Waals surface area contributed by atoms with E-state index >= 15 is 0 Å². The van der Waals surface area contributed by atoms with Gasteiger partial charge in [-0.1, -0.05) is 48.1 Å². The number of thioether (sulfide) groups is 1. The van der Waals surface area contributed by atoms with Gasteiger partial charge in [0.2, 0.25) is 0 Å². The zero-order valence-electron chi connectivity index (χ0n) is 12.1. The Labute approximate surface area is 128 Å². The molecule has 2 heterocycles. The van der Waals surface area contributed by atoms with E-state index in [-0.39, 0.29) is 5.50 Å². The van der Waals surface area contributed by atoms with Gasteiger partial charge in [0.1, 0.15) is 0 Å². The molecule has 0 spiro atoms. The number of benzene rings is 2. The van der Waals surface area contributed by atoms with Crippen LogP contribution in [0.2, 0.25) is 0 Å². The van der Waals surface area contributed by atoms with Crippen molar-refractivity contribution in [3.63, 3.8) is 0 Å². The maximum Gasteiger partial charge on any atom is 0.172 e. The number of hydrogen-bond acceptors (Lipinski definition) is 6.